The molecule has 1 saturated heterocycles. The number of hydrogen-bond donors (Lipinski definition) is 1. The number of amides is 1. The molecule has 3 rings (SSSR count). The van der Waals surface area contributed by atoms with Crippen LogP contribution in [0.4, 0.5) is 11.4 Å². The average Bonchev–Trinajstić information content (AvgIpc) is 3.35. The van der Waals surface area contributed by atoms with Crippen LogP contribution < -0.4 is 14.4 Å². The van der Waals surface area contributed by atoms with Gasteiger partial charge in [0, 0.05) is 27.2 Å². The van der Waals surface area contributed by atoms with E-state index in [4.69, 9.17) is 4.74 Å². The number of ether oxygens (including phenoxy) is 1. The predicted molar refractivity (Wildman–Crippen MR) is 135 cm³/mol. The van der Waals surface area contributed by atoms with Crippen molar-refractivity contribution in [3.8, 4) is 5.75 Å². The second kappa shape index (κ2) is 10.5. The molecular weight excluding hydrogens is 492 g/mol. The van der Waals surface area contributed by atoms with Crippen molar-refractivity contribution in [3.63, 3.8) is 0 Å². The number of anilines is 2. The Hall–Kier alpha value is -2.67. The molecule has 2 aromatic carbocycles. The van der Waals surface area contributed by atoms with Gasteiger partial charge >= 0.3 is 10.2 Å². The van der Waals surface area contributed by atoms with Gasteiger partial charge in [0.25, 0.3) is 0 Å². The lowest BCUT2D eigenvalue weighted by atomic mass is 10.1. The minimum absolute atomic E-state index is 0.0304. The molecule has 0 saturated carbocycles. The summed E-state index contributed by atoms with van der Waals surface area (Å²) >= 11 is 0. The van der Waals surface area contributed by atoms with E-state index in [-0.39, 0.29) is 16.3 Å². The topological polar surface area (TPSA) is 116 Å². The normalized spacial score (nSPS) is 14.8. The van der Waals surface area contributed by atoms with Crippen molar-refractivity contribution in [2.45, 2.75) is 31.6 Å². The average molecular weight is 525 g/mol. The molecule has 192 valence electrons. The summed E-state index contributed by atoms with van der Waals surface area (Å²) in [5.74, 6) is -0.391. The first-order valence-electron chi connectivity index (χ1n) is 11.1. The van der Waals surface area contributed by atoms with E-state index in [1.54, 1.807) is 19.1 Å². The van der Waals surface area contributed by atoms with E-state index in [1.165, 1.54) is 43.7 Å². The molecule has 0 atom stereocenters. The summed E-state index contributed by atoms with van der Waals surface area (Å²) in [6.07, 6.45) is 1.60. The molecule has 12 heteroatoms. The lowest BCUT2D eigenvalue weighted by Gasteiger charge is -2.28. The van der Waals surface area contributed by atoms with Gasteiger partial charge in [-0.2, -0.15) is 17.0 Å². The molecular formula is C23H32N4O6S2. The lowest BCUT2D eigenvalue weighted by molar-refractivity contribution is -0.114. The van der Waals surface area contributed by atoms with E-state index >= 15 is 0 Å². The van der Waals surface area contributed by atoms with E-state index in [2.05, 4.69) is 5.32 Å². The van der Waals surface area contributed by atoms with Gasteiger partial charge in [0.15, 0.2) is 0 Å². The standard InChI is InChI=1S/C23H32N4O6S2/c1-17-8-9-18(2)21(14-17)27(35(31,32)25(3)4)16-23(28)24-20-15-19(10-11-22(20)33-5)34(29,30)26-12-6-7-13-26/h8-11,14-15H,6-7,12-13,16H2,1-5H3,(H,24,28). The number of benzene rings is 2. The molecule has 0 aromatic heterocycles. The Labute approximate surface area is 207 Å². The molecule has 1 fully saturated rings. The van der Waals surface area contributed by atoms with Gasteiger partial charge < -0.3 is 10.1 Å². The zero-order valence-corrected chi connectivity index (χ0v) is 22.2. The molecule has 35 heavy (non-hydrogen) atoms. The molecule has 1 aliphatic rings. The van der Waals surface area contributed by atoms with Crippen LogP contribution in [-0.4, -0.2) is 72.2 Å². The van der Waals surface area contributed by atoms with Gasteiger partial charge in [-0.15, -0.1) is 0 Å². The highest BCUT2D eigenvalue weighted by atomic mass is 32.2. The maximum Gasteiger partial charge on any atom is 0.304 e. The van der Waals surface area contributed by atoms with Crippen LogP contribution in [0.5, 0.6) is 5.75 Å². The SMILES string of the molecule is COc1ccc(S(=O)(=O)N2CCCC2)cc1NC(=O)CN(c1cc(C)ccc1C)S(=O)(=O)N(C)C. The molecule has 10 nitrogen and oxygen atoms in total. The predicted octanol–water partition coefficient (Wildman–Crippen LogP) is 2.35. The van der Waals surface area contributed by atoms with Crippen molar-refractivity contribution in [2.75, 3.05) is 50.5 Å². The fourth-order valence-corrected chi connectivity index (χ4v) is 6.48. The number of rotatable bonds is 9. The Bertz CT molecular complexity index is 1300. The number of nitrogens with zero attached hydrogens (tertiary/aromatic N) is 3. The summed E-state index contributed by atoms with van der Waals surface area (Å²) in [6.45, 7) is 3.98. The van der Waals surface area contributed by atoms with Gasteiger partial charge in [0.1, 0.15) is 12.3 Å². The first-order chi connectivity index (χ1) is 16.4. The van der Waals surface area contributed by atoms with Crippen LogP contribution in [-0.2, 0) is 25.0 Å². The third-order valence-corrected chi connectivity index (χ3v) is 9.51. The molecule has 1 N–H and O–H groups in total. The molecule has 1 amide bonds. The highest BCUT2D eigenvalue weighted by Gasteiger charge is 2.30. The van der Waals surface area contributed by atoms with Crippen LogP contribution in [0.25, 0.3) is 0 Å². The van der Waals surface area contributed by atoms with E-state index in [1.807, 2.05) is 13.0 Å². The number of sulfonamides is 1. The monoisotopic (exact) mass is 524 g/mol. The van der Waals surface area contributed by atoms with E-state index in [9.17, 15) is 21.6 Å². The first-order valence-corrected chi connectivity index (χ1v) is 14.0. The van der Waals surface area contributed by atoms with Crippen LogP contribution in [0.1, 0.15) is 24.0 Å². The van der Waals surface area contributed by atoms with Crippen molar-refractivity contribution in [1.82, 2.24) is 8.61 Å². The number of aryl methyl sites for hydroxylation is 2. The van der Waals surface area contributed by atoms with Crippen LogP contribution in [0.2, 0.25) is 0 Å². The van der Waals surface area contributed by atoms with E-state index in [0.29, 0.717) is 24.3 Å². The fourth-order valence-electron chi connectivity index (χ4n) is 3.82. The van der Waals surface area contributed by atoms with Crippen molar-refractivity contribution >= 4 is 37.5 Å². The Balaban J connectivity index is 1.94. The number of hydrogen-bond acceptors (Lipinski definition) is 6. The quantitative estimate of drug-likeness (QED) is 0.538. The smallest absolute Gasteiger partial charge is 0.304 e. The Morgan fingerprint density at radius 2 is 1.69 bits per heavy atom. The Kier molecular flexibility index (Phi) is 8.10. The number of nitrogens with one attached hydrogen (secondary N) is 1. The maximum absolute atomic E-state index is 13.1. The molecule has 1 heterocycles. The molecule has 1 aliphatic heterocycles. The summed E-state index contributed by atoms with van der Waals surface area (Å²) in [5, 5.41) is 2.64. The van der Waals surface area contributed by atoms with E-state index in [0.717, 1.165) is 27.0 Å². The van der Waals surface area contributed by atoms with Crippen molar-refractivity contribution in [2.24, 2.45) is 0 Å². The third-order valence-electron chi connectivity index (χ3n) is 5.81. The summed E-state index contributed by atoms with van der Waals surface area (Å²) in [7, 11) is -3.54. The van der Waals surface area contributed by atoms with Crippen molar-refractivity contribution < 1.29 is 26.4 Å². The van der Waals surface area contributed by atoms with Crippen LogP contribution in [0.3, 0.4) is 0 Å². The second-order valence-corrected chi connectivity index (χ2v) is 12.6. The summed E-state index contributed by atoms with van der Waals surface area (Å²) in [6, 6.07) is 9.59. The fraction of sp³-hybridized carbons (Fsp3) is 0.435. The van der Waals surface area contributed by atoms with Crippen LogP contribution in [0.15, 0.2) is 41.3 Å². The minimum atomic E-state index is -4.00. The second-order valence-electron chi connectivity index (χ2n) is 8.61. The Morgan fingerprint density at radius 3 is 2.29 bits per heavy atom. The number of carbonyl (C=O) groups is 1. The zero-order chi connectivity index (χ0) is 26.0. The number of methoxy groups -OCH3 is 1. The van der Waals surface area contributed by atoms with Gasteiger partial charge in [-0.25, -0.2) is 12.7 Å². The zero-order valence-electron chi connectivity index (χ0n) is 20.6. The molecule has 0 bridgehead atoms. The van der Waals surface area contributed by atoms with Crippen molar-refractivity contribution in [1.29, 1.82) is 0 Å². The molecule has 2 aromatic rings. The first kappa shape index (κ1) is 26.9. The van der Waals surface area contributed by atoms with Crippen LogP contribution in [0, 0.1) is 13.8 Å². The van der Waals surface area contributed by atoms with E-state index < -0.39 is 32.7 Å². The molecule has 0 radical (unpaired) electrons. The molecule has 0 spiro atoms. The lowest BCUT2D eigenvalue weighted by Crippen LogP contribution is -2.44. The summed E-state index contributed by atoms with van der Waals surface area (Å²) in [4.78, 5) is 13.1. The highest BCUT2D eigenvalue weighted by Crippen LogP contribution is 2.31. The minimum Gasteiger partial charge on any atom is -0.495 e. The van der Waals surface area contributed by atoms with Gasteiger partial charge in [-0.1, -0.05) is 12.1 Å². The largest absolute Gasteiger partial charge is 0.495 e. The highest BCUT2D eigenvalue weighted by molar-refractivity contribution is 7.90. The maximum atomic E-state index is 13.1. The number of carbonyl (C=O) groups excluding carboxylic acids is 1. The van der Waals surface area contributed by atoms with Crippen molar-refractivity contribution in [3.05, 3.63) is 47.5 Å². The van der Waals surface area contributed by atoms with Gasteiger partial charge in [-0.05, 0) is 62.1 Å². The molecule has 0 unspecified atom stereocenters. The third kappa shape index (κ3) is 5.77. The van der Waals surface area contributed by atoms with Crippen LogP contribution >= 0.6 is 0 Å². The summed E-state index contributed by atoms with van der Waals surface area (Å²) in [5.41, 5.74) is 2.05. The summed E-state index contributed by atoms with van der Waals surface area (Å²) < 4.78 is 61.0. The van der Waals surface area contributed by atoms with Gasteiger partial charge in [0.2, 0.25) is 15.9 Å². The van der Waals surface area contributed by atoms with Gasteiger partial charge in [-0.3, -0.25) is 4.79 Å². The Morgan fingerprint density at radius 1 is 1.03 bits per heavy atom. The van der Waals surface area contributed by atoms with Gasteiger partial charge in [0.05, 0.1) is 23.4 Å². The molecule has 0 aliphatic carbocycles.